The van der Waals surface area contributed by atoms with Crippen LogP contribution in [0.25, 0.3) is 6.08 Å². The highest BCUT2D eigenvalue weighted by Crippen LogP contribution is 2.29. The Morgan fingerprint density at radius 1 is 1.18 bits per heavy atom. The number of esters is 1. The first-order valence-corrected chi connectivity index (χ1v) is 10.3. The van der Waals surface area contributed by atoms with Gasteiger partial charge in [-0.05, 0) is 48.9 Å². The average molecular weight is 399 g/mol. The number of hydrogen-bond donors (Lipinski definition) is 0. The number of carbonyl (C=O) groups is 2. The van der Waals surface area contributed by atoms with Crippen molar-refractivity contribution >= 4 is 29.7 Å². The molecule has 28 heavy (non-hydrogen) atoms. The molecule has 0 heterocycles. The van der Waals surface area contributed by atoms with Gasteiger partial charge in [-0.2, -0.15) is 0 Å². The fraction of sp³-hybridized carbons (Fsp3) is 0.273. The molecule has 3 rings (SSSR count). The number of benzene rings is 2. The van der Waals surface area contributed by atoms with Gasteiger partial charge < -0.3 is 9.64 Å². The van der Waals surface area contributed by atoms with Crippen molar-refractivity contribution in [3.8, 4) is 0 Å². The van der Waals surface area contributed by atoms with E-state index in [1.165, 1.54) is 12.1 Å². The molecular weight excluding hydrogens is 377 g/mol. The molecule has 0 radical (unpaired) electrons. The molecule has 1 amide bonds. The number of halogens is 1. The predicted octanol–water partition coefficient (Wildman–Crippen LogP) is 4.30. The second kappa shape index (κ2) is 9.55. The van der Waals surface area contributed by atoms with Gasteiger partial charge in [-0.25, -0.2) is 9.18 Å². The number of hydrogen-bond acceptors (Lipinski definition) is 4. The van der Waals surface area contributed by atoms with Gasteiger partial charge in [-0.15, -0.1) is 11.8 Å². The SMILES string of the molecule is CSc1ccc(/C=C/C(=O)OCC(=O)N(Cc2ccccc2F)C2CC2)cc1. The summed E-state index contributed by atoms with van der Waals surface area (Å²) in [5.41, 5.74) is 1.34. The molecule has 6 heteroatoms. The molecule has 2 aromatic rings. The van der Waals surface area contributed by atoms with E-state index >= 15 is 0 Å². The van der Waals surface area contributed by atoms with Crippen LogP contribution in [0, 0.1) is 5.82 Å². The van der Waals surface area contributed by atoms with Gasteiger partial charge >= 0.3 is 5.97 Å². The fourth-order valence-electron chi connectivity index (χ4n) is 2.76. The molecule has 0 aliphatic heterocycles. The van der Waals surface area contributed by atoms with Crippen LogP contribution in [0.4, 0.5) is 4.39 Å². The molecule has 1 saturated carbocycles. The standard InChI is InChI=1S/C22H22FNO3S/c1-28-19-11-6-16(7-12-19)8-13-22(26)27-15-21(25)24(18-9-10-18)14-17-4-2-3-5-20(17)23/h2-8,11-13,18H,9-10,14-15H2,1H3/b13-8+. The molecule has 0 atom stereocenters. The second-order valence-corrected chi connectivity index (χ2v) is 7.44. The summed E-state index contributed by atoms with van der Waals surface area (Å²) in [5, 5.41) is 0. The smallest absolute Gasteiger partial charge is 0.331 e. The fourth-order valence-corrected chi connectivity index (χ4v) is 3.17. The number of ether oxygens (including phenoxy) is 1. The van der Waals surface area contributed by atoms with Gasteiger partial charge in [0.05, 0.1) is 0 Å². The molecule has 146 valence electrons. The molecule has 0 unspecified atom stereocenters. The monoisotopic (exact) mass is 399 g/mol. The zero-order valence-electron chi connectivity index (χ0n) is 15.6. The summed E-state index contributed by atoms with van der Waals surface area (Å²) in [5.74, 6) is -1.23. The summed E-state index contributed by atoms with van der Waals surface area (Å²) in [7, 11) is 0. The topological polar surface area (TPSA) is 46.6 Å². The van der Waals surface area contributed by atoms with Crippen molar-refractivity contribution in [1.29, 1.82) is 0 Å². The van der Waals surface area contributed by atoms with Gasteiger partial charge in [-0.1, -0.05) is 30.3 Å². The Morgan fingerprint density at radius 2 is 1.89 bits per heavy atom. The minimum atomic E-state index is -0.580. The number of thioether (sulfide) groups is 1. The van der Waals surface area contributed by atoms with E-state index in [0.717, 1.165) is 23.3 Å². The summed E-state index contributed by atoms with van der Waals surface area (Å²) in [6, 6.07) is 14.2. The van der Waals surface area contributed by atoms with Crippen LogP contribution in [0.1, 0.15) is 24.0 Å². The van der Waals surface area contributed by atoms with Crippen molar-refractivity contribution < 1.29 is 18.7 Å². The first-order valence-electron chi connectivity index (χ1n) is 9.08. The Hall–Kier alpha value is -2.60. The molecule has 1 fully saturated rings. The van der Waals surface area contributed by atoms with E-state index in [4.69, 9.17) is 4.74 Å². The molecule has 4 nitrogen and oxygen atoms in total. The minimum absolute atomic E-state index is 0.0938. The third-order valence-electron chi connectivity index (χ3n) is 4.47. The lowest BCUT2D eigenvalue weighted by molar-refractivity contribution is -0.148. The van der Waals surface area contributed by atoms with E-state index in [2.05, 4.69) is 0 Å². The van der Waals surface area contributed by atoms with Gasteiger partial charge in [0.1, 0.15) is 5.82 Å². The molecule has 1 aliphatic rings. The molecule has 1 aliphatic carbocycles. The average Bonchev–Trinajstić information content (AvgIpc) is 3.55. The zero-order valence-corrected chi connectivity index (χ0v) is 16.5. The van der Waals surface area contributed by atoms with Crippen molar-refractivity contribution in [1.82, 2.24) is 4.90 Å². The van der Waals surface area contributed by atoms with E-state index < -0.39 is 5.97 Å². The van der Waals surface area contributed by atoms with Crippen LogP contribution in [-0.2, 0) is 20.9 Å². The van der Waals surface area contributed by atoms with Crippen LogP contribution in [0.2, 0.25) is 0 Å². The lowest BCUT2D eigenvalue weighted by Gasteiger charge is -2.22. The van der Waals surface area contributed by atoms with Gasteiger partial charge in [0.2, 0.25) is 0 Å². The number of carbonyl (C=O) groups excluding carboxylic acids is 2. The summed E-state index contributed by atoms with van der Waals surface area (Å²) in [4.78, 5) is 27.1. The Morgan fingerprint density at radius 3 is 2.54 bits per heavy atom. The van der Waals surface area contributed by atoms with Crippen molar-refractivity contribution in [2.24, 2.45) is 0 Å². The van der Waals surface area contributed by atoms with Crippen LogP contribution in [0.15, 0.2) is 59.5 Å². The van der Waals surface area contributed by atoms with Crippen molar-refractivity contribution in [3.05, 3.63) is 71.6 Å². The first-order chi connectivity index (χ1) is 13.6. The molecule has 0 aromatic heterocycles. The van der Waals surface area contributed by atoms with Gasteiger partial charge in [0.15, 0.2) is 6.61 Å². The van der Waals surface area contributed by atoms with E-state index in [9.17, 15) is 14.0 Å². The van der Waals surface area contributed by atoms with E-state index in [1.807, 2.05) is 30.5 Å². The van der Waals surface area contributed by atoms with Crippen LogP contribution in [0.5, 0.6) is 0 Å². The Balaban J connectivity index is 1.53. The van der Waals surface area contributed by atoms with Crippen molar-refractivity contribution in [3.63, 3.8) is 0 Å². The molecule has 0 saturated heterocycles. The number of rotatable bonds is 8. The maximum absolute atomic E-state index is 13.9. The zero-order chi connectivity index (χ0) is 19.9. The highest BCUT2D eigenvalue weighted by molar-refractivity contribution is 7.98. The maximum atomic E-state index is 13.9. The minimum Gasteiger partial charge on any atom is -0.452 e. The first kappa shape index (κ1) is 20.1. The predicted molar refractivity (Wildman–Crippen MR) is 108 cm³/mol. The van der Waals surface area contributed by atoms with E-state index in [-0.39, 0.29) is 30.9 Å². The second-order valence-electron chi connectivity index (χ2n) is 6.56. The van der Waals surface area contributed by atoms with Crippen molar-refractivity contribution in [2.45, 2.75) is 30.3 Å². The highest BCUT2D eigenvalue weighted by Gasteiger charge is 2.33. The Kier molecular flexibility index (Phi) is 6.87. The summed E-state index contributed by atoms with van der Waals surface area (Å²) < 4.78 is 19.0. The van der Waals surface area contributed by atoms with Crippen LogP contribution in [0.3, 0.4) is 0 Å². The van der Waals surface area contributed by atoms with Gasteiger partial charge in [0, 0.05) is 29.1 Å². The third-order valence-corrected chi connectivity index (χ3v) is 5.22. The largest absolute Gasteiger partial charge is 0.452 e. The summed E-state index contributed by atoms with van der Waals surface area (Å²) in [6.45, 7) is -0.162. The van der Waals surface area contributed by atoms with Crippen LogP contribution in [-0.4, -0.2) is 35.7 Å². The quantitative estimate of drug-likeness (QED) is 0.377. The number of amides is 1. The lowest BCUT2D eigenvalue weighted by Crippen LogP contribution is -2.36. The van der Waals surface area contributed by atoms with Crippen LogP contribution < -0.4 is 0 Å². The third kappa shape index (κ3) is 5.70. The lowest BCUT2D eigenvalue weighted by atomic mass is 10.2. The number of nitrogens with zero attached hydrogens (tertiary/aromatic N) is 1. The molecule has 0 spiro atoms. The summed E-state index contributed by atoms with van der Waals surface area (Å²) in [6.07, 6.45) is 6.73. The Labute approximate surface area is 168 Å². The normalized spacial score (nSPS) is 13.5. The molecule has 0 bridgehead atoms. The maximum Gasteiger partial charge on any atom is 0.331 e. The van der Waals surface area contributed by atoms with E-state index in [1.54, 1.807) is 40.9 Å². The molecular formula is C22H22FNO3S. The summed E-state index contributed by atoms with van der Waals surface area (Å²) >= 11 is 1.64. The van der Waals surface area contributed by atoms with E-state index in [0.29, 0.717) is 5.56 Å². The molecule has 0 N–H and O–H groups in total. The van der Waals surface area contributed by atoms with Gasteiger partial charge in [0.25, 0.3) is 5.91 Å². The highest BCUT2D eigenvalue weighted by atomic mass is 32.2. The van der Waals surface area contributed by atoms with Crippen molar-refractivity contribution in [2.75, 3.05) is 12.9 Å². The molecule has 2 aromatic carbocycles. The Bertz CT molecular complexity index is 862. The van der Waals surface area contributed by atoms with Gasteiger partial charge in [-0.3, -0.25) is 4.79 Å². The van der Waals surface area contributed by atoms with Crippen LogP contribution >= 0.6 is 11.8 Å².